The first-order valence-corrected chi connectivity index (χ1v) is 7.21. The Labute approximate surface area is 137 Å². The van der Waals surface area contributed by atoms with Gasteiger partial charge in [-0.1, -0.05) is 36.4 Å². The first-order valence-electron chi connectivity index (χ1n) is 7.21. The van der Waals surface area contributed by atoms with Gasteiger partial charge in [0.25, 0.3) is 5.91 Å². The molecule has 24 heavy (non-hydrogen) atoms. The molecule has 0 saturated carbocycles. The predicted molar refractivity (Wildman–Crippen MR) is 91.4 cm³/mol. The van der Waals surface area contributed by atoms with Crippen molar-refractivity contribution in [3.8, 4) is 11.1 Å². The Balaban J connectivity index is 2.10. The Morgan fingerprint density at radius 2 is 1.71 bits per heavy atom. The van der Waals surface area contributed by atoms with Crippen molar-refractivity contribution in [3.63, 3.8) is 0 Å². The molecule has 0 fully saturated rings. The average Bonchev–Trinajstić information content (AvgIpc) is 2.91. The quantitative estimate of drug-likeness (QED) is 0.502. The van der Waals surface area contributed by atoms with Crippen molar-refractivity contribution in [2.24, 2.45) is 11.5 Å². The van der Waals surface area contributed by atoms with E-state index in [0.717, 1.165) is 16.7 Å². The highest BCUT2D eigenvalue weighted by molar-refractivity contribution is 6.13. The normalized spacial score (nSPS) is 10.7. The van der Waals surface area contributed by atoms with Crippen LogP contribution < -0.4 is 16.8 Å². The molecule has 3 rings (SSSR count). The van der Waals surface area contributed by atoms with Gasteiger partial charge in [0.2, 0.25) is 0 Å². The van der Waals surface area contributed by atoms with E-state index in [0.29, 0.717) is 10.9 Å². The summed E-state index contributed by atoms with van der Waals surface area (Å²) in [6.45, 7) is -0.0138. The third-order valence-corrected chi connectivity index (χ3v) is 3.76. The van der Waals surface area contributed by atoms with Gasteiger partial charge in [-0.3, -0.25) is 10.1 Å². The minimum absolute atomic E-state index is 0.0138. The van der Waals surface area contributed by atoms with Crippen LogP contribution in [-0.4, -0.2) is 22.0 Å². The van der Waals surface area contributed by atoms with Crippen molar-refractivity contribution in [2.75, 3.05) is 5.32 Å². The summed E-state index contributed by atoms with van der Waals surface area (Å²) in [5.74, 6) is -0.483. The number of aromatic nitrogens is 1. The number of hydrogen-bond donors (Lipinski definition) is 5. The van der Waals surface area contributed by atoms with E-state index in [9.17, 15) is 9.59 Å². The number of amides is 3. The maximum atomic E-state index is 11.7. The number of H-pyrrole nitrogens is 1. The van der Waals surface area contributed by atoms with Crippen LogP contribution in [0.25, 0.3) is 22.0 Å². The van der Waals surface area contributed by atoms with Crippen LogP contribution in [0.15, 0.2) is 42.5 Å². The number of aliphatic hydroxyl groups is 1. The Kier molecular flexibility index (Phi) is 3.93. The van der Waals surface area contributed by atoms with Crippen LogP contribution in [-0.2, 0) is 6.61 Å². The number of rotatable bonds is 4. The lowest BCUT2D eigenvalue weighted by Crippen LogP contribution is -2.22. The van der Waals surface area contributed by atoms with Gasteiger partial charge >= 0.3 is 6.03 Å². The molecule has 7 nitrogen and oxygen atoms in total. The fraction of sp³-hybridized carbons (Fsp3) is 0.0588. The van der Waals surface area contributed by atoms with Crippen molar-refractivity contribution < 1.29 is 14.7 Å². The minimum Gasteiger partial charge on any atom is -0.392 e. The summed E-state index contributed by atoms with van der Waals surface area (Å²) in [5.41, 5.74) is 14.1. The summed E-state index contributed by atoms with van der Waals surface area (Å²) in [4.78, 5) is 25.7. The molecule has 7 N–H and O–H groups in total. The molecule has 1 aromatic heterocycles. The average molecular weight is 324 g/mol. The highest BCUT2D eigenvalue weighted by Gasteiger charge is 2.17. The fourth-order valence-electron chi connectivity index (χ4n) is 2.65. The Bertz CT molecular complexity index is 929. The van der Waals surface area contributed by atoms with Crippen molar-refractivity contribution in [1.29, 1.82) is 0 Å². The van der Waals surface area contributed by atoms with Gasteiger partial charge in [-0.05, 0) is 22.8 Å². The second-order valence-electron chi connectivity index (χ2n) is 5.34. The van der Waals surface area contributed by atoms with Crippen molar-refractivity contribution in [3.05, 3.63) is 53.6 Å². The number of carbonyl (C=O) groups excluding carboxylic acids is 2. The number of fused-ring (bicyclic) bond motifs is 1. The topological polar surface area (TPSA) is 134 Å². The lowest BCUT2D eigenvalue weighted by atomic mass is 10.0. The van der Waals surface area contributed by atoms with Gasteiger partial charge in [0.05, 0.1) is 12.2 Å². The fourth-order valence-corrected chi connectivity index (χ4v) is 2.65. The van der Waals surface area contributed by atoms with E-state index in [1.165, 1.54) is 0 Å². The molecule has 0 unspecified atom stereocenters. The van der Waals surface area contributed by atoms with Gasteiger partial charge in [-0.25, -0.2) is 4.79 Å². The summed E-state index contributed by atoms with van der Waals surface area (Å²) >= 11 is 0. The van der Waals surface area contributed by atoms with Crippen LogP contribution in [0, 0.1) is 0 Å². The standard InChI is InChI=1S/C17H16N4O3/c18-15(23)14-12-6-5-11(10-3-1-9(8-22)2-4-10)7-13(12)20-16(14)21-17(19)24/h1-7,20,22H,8H2,(H2,18,23)(H3,19,21,24). The van der Waals surface area contributed by atoms with Crippen molar-refractivity contribution in [1.82, 2.24) is 4.98 Å². The van der Waals surface area contributed by atoms with E-state index >= 15 is 0 Å². The third kappa shape index (κ3) is 2.80. The van der Waals surface area contributed by atoms with E-state index in [1.807, 2.05) is 36.4 Å². The number of primary amides is 2. The maximum absolute atomic E-state index is 11.7. The second kappa shape index (κ2) is 6.05. The number of hydrogen-bond acceptors (Lipinski definition) is 3. The molecule has 0 aliphatic carbocycles. The number of nitrogens with one attached hydrogen (secondary N) is 2. The van der Waals surface area contributed by atoms with E-state index in [2.05, 4.69) is 10.3 Å². The van der Waals surface area contributed by atoms with Crippen LogP contribution in [0.1, 0.15) is 15.9 Å². The summed E-state index contributed by atoms with van der Waals surface area (Å²) in [5, 5.41) is 12.1. The van der Waals surface area contributed by atoms with E-state index in [1.54, 1.807) is 6.07 Å². The Morgan fingerprint density at radius 1 is 1.04 bits per heavy atom. The second-order valence-corrected chi connectivity index (χ2v) is 5.34. The smallest absolute Gasteiger partial charge is 0.317 e. The molecule has 0 radical (unpaired) electrons. The van der Waals surface area contributed by atoms with Crippen molar-refractivity contribution >= 4 is 28.7 Å². The molecule has 0 atom stereocenters. The van der Waals surface area contributed by atoms with Crippen LogP contribution in [0.2, 0.25) is 0 Å². The zero-order valence-electron chi connectivity index (χ0n) is 12.7. The van der Waals surface area contributed by atoms with Gasteiger partial charge in [0, 0.05) is 10.9 Å². The van der Waals surface area contributed by atoms with Gasteiger partial charge in [0.1, 0.15) is 5.82 Å². The number of anilines is 1. The van der Waals surface area contributed by atoms with Crippen LogP contribution in [0.3, 0.4) is 0 Å². The molecule has 3 amide bonds. The molecule has 0 spiro atoms. The van der Waals surface area contributed by atoms with Crippen LogP contribution in [0.5, 0.6) is 0 Å². The van der Waals surface area contributed by atoms with Gasteiger partial charge in [0.15, 0.2) is 0 Å². The zero-order valence-corrected chi connectivity index (χ0v) is 12.7. The van der Waals surface area contributed by atoms with Crippen molar-refractivity contribution in [2.45, 2.75) is 6.61 Å². The summed E-state index contributed by atoms with van der Waals surface area (Å²) < 4.78 is 0. The lowest BCUT2D eigenvalue weighted by molar-refractivity contribution is 0.100. The molecule has 1 heterocycles. The number of carbonyl (C=O) groups is 2. The summed E-state index contributed by atoms with van der Waals surface area (Å²) in [6.07, 6.45) is 0. The first-order chi connectivity index (χ1) is 11.5. The summed E-state index contributed by atoms with van der Waals surface area (Å²) in [6, 6.07) is 12.1. The molecule has 7 heteroatoms. The highest BCUT2D eigenvalue weighted by Crippen LogP contribution is 2.30. The van der Waals surface area contributed by atoms with Gasteiger partial charge < -0.3 is 21.6 Å². The number of aliphatic hydroxyl groups excluding tert-OH is 1. The Hall–Kier alpha value is -3.32. The maximum Gasteiger partial charge on any atom is 0.317 e. The predicted octanol–water partition coefficient (Wildman–Crippen LogP) is 1.92. The molecular formula is C17H16N4O3. The van der Waals surface area contributed by atoms with Crippen LogP contribution >= 0.6 is 0 Å². The molecule has 122 valence electrons. The molecule has 0 aliphatic rings. The third-order valence-electron chi connectivity index (χ3n) is 3.76. The molecule has 3 aromatic rings. The molecular weight excluding hydrogens is 308 g/mol. The number of urea groups is 1. The minimum atomic E-state index is -0.788. The number of aromatic amines is 1. The first kappa shape index (κ1) is 15.6. The molecule has 0 saturated heterocycles. The Morgan fingerprint density at radius 3 is 2.29 bits per heavy atom. The number of nitrogens with two attached hydrogens (primary N) is 2. The molecule has 2 aromatic carbocycles. The number of benzene rings is 2. The van der Waals surface area contributed by atoms with Gasteiger partial charge in [-0.15, -0.1) is 0 Å². The largest absolute Gasteiger partial charge is 0.392 e. The molecule has 0 bridgehead atoms. The highest BCUT2D eigenvalue weighted by atomic mass is 16.3. The van der Waals surface area contributed by atoms with E-state index in [-0.39, 0.29) is 18.0 Å². The van der Waals surface area contributed by atoms with Crippen LogP contribution in [0.4, 0.5) is 10.6 Å². The SMILES string of the molecule is NC(=O)Nc1[nH]c2cc(-c3ccc(CO)cc3)ccc2c1C(N)=O. The van der Waals surface area contributed by atoms with E-state index < -0.39 is 11.9 Å². The molecule has 0 aliphatic heterocycles. The summed E-state index contributed by atoms with van der Waals surface area (Å²) in [7, 11) is 0. The van der Waals surface area contributed by atoms with Gasteiger partial charge in [-0.2, -0.15) is 0 Å². The van der Waals surface area contributed by atoms with E-state index in [4.69, 9.17) is 16.6 Å². The monoisotopic (exact) mass is 324 g/mol. The zero-order chi connectivity index (χ0) is 17.3. The lowest BCUT2D eigenvalue weighted by Gasteiger charge is -2.04.